The first-order chi connectivity index (χ1) is 16.0. The number of hydrogen-bond acceptors (Lipinski definition) is 4. The molecule has 2 aromatic carbocycles. The minimum atomic E-state index is -1.17. The third-order valence-electron chi connectivity index (χ3n) is 6.59. The van der Waals surface area contributed by atoms with Crippen molar-refractivity contribution in [2.75, 3.05) is 18.0 Å². The fourth-order valence-corrected chi connectivity index (χ4v) is 4.66. The molecule has 2 heterocycles. The maximum atomic E-state index is 9.02. The van der Waals surface area contributed by atoms with Crippen molar-refractivity contribution in [3.05, 3.63) is 71.4 Å². The molecular weight excluding hydrogens is 408 g/mol. The zero-order valence-electron chi connectivity index (χ0n) is 19.9. The first-order valence-corrected chi connectivity index (χ1v) is 12.3. The van der Waals surface area contributed by atoms with Crippen LogP contribution >= 0.6 is 0 Å². The molecule has 2 N–H and O–H groups in total. The second-order valence-corrected chi connectivity index (χ2v) is 9.36. The van der Waals surface area contributed by atoms with Crippen LogP contribution in [-0.4, -0.2) is 34.6 Å². The highest BCUT2D eigenvalue weighted by molar-refractivity contribution is 5.84. The van der Waals surface area contributed by atoms with Crippen LogP contribution in [0.1, 0.15) is 55.3 Å². The number of aliphatic hydroxyl groups excluding tert-OH is 1. The van der Waals surface area contributed by atoms with Crippen LogP contribution in [0.5, 0.6) is 0 Å². The molecule has 0 amide bonds. The van der Waals surface area contributed by atoms with Crippen LogP contribution in [0.15, 0.2) is 54.6 Å². The van der Waals surface area contributed by atoms with Crippen LogP contribution in [0, 0.1) is 13.8 Å². The fraction of sp³-hybridized carbons (Fsp3) is 0.414. The van der Waals surface area contributed by atoms with E-state index in [-0.39, 0.29) is 0 Å². The first kappa shape index (κ1) is 23.5. The number of aliphatic hydroxyl groups is 2. The molecule has 174 valence electrons. The highest BCUT2D eigenvalue weighted by atomic mass is 16.5. The Labute approximate surface area is 197 Å². The van der Waals surface area contributed by atoms with E-state index >= 15 is 0 Å². The molecule has 33 heavy (non-hydrogen) atoms. The Morgan fingerprint density at radius 1 is 0.848 bits per heavy atom. The molecule has 0 atom stereocenters. The number of rotatable bonds is 9. The monoisotopic (exact) mass is 444 g/mol. The van der Waals surface area contributed by atoms with Crippen LogP contribution in [0.2, 0.25) is 0 Å². The summed E-state index contributed by atoms with van der Waals surface area (Å²) in [6.07, 6.45) is 5.58. The van der Waals surface area contributed by atoms with Gasteiger partial charge in [0.05, 0.1) is 17.1 Å². The summed E-state index contributed by atoms with van der Waals surface area (Å²) in [6, 6.07) is 19.8. The Hall–Kier alpha value is -2.69. The molecule has 0 unspecified atom stereocenters. The Morgan fingerprint density at radius 3 is 2.15 bits per heavy atom. The van der Waals surface area contributed by atoms with Crippen molar-refractivity contribution in [3.8, 4) is 22.4 Å². The van der Waals surface area contributed by atoms with E-state index in [9.17, 15) is 0 Å². The summed E-state index contributed by atoms with van der Waals surface area (Å²) in [5.41, 5.74) is 9.64. The average Bonchev–Trinajstić information content (AvgIpc) is 2.81. The number of hydrogen-bond donors (Lipinski definition) is 2. The van der Waals surface area contributed by atoms with E-state index in [0.29, 0.717) is 6.42 Å². The zero-order valence-corrected chi connectivity index (χ0v) is 19.9. The highest BCUT2D eigenvalue weighted by Crippen LogP contribution is 2.37. The summed E-state index contributed by atoms with van der Waals surface area (Å²) < 4.78 is 0. The molecule has 4 heteroatoms. The Kier molecular flexibility index (Phi) is 7.79. The van der Waals surface area contributed by atoms with Crippen LogP contribution in [0.25, 0.3) is 22.4 Å². The highest BCUT2D eigenvalue weighted by Gasteiger charge is 2.22. The van der Waals surface area contributed by atoms with E-state index in [4.69, 9.17) is 15.2 Å². The van der Waals surface area contributed by atoms with Gasteiger partial charge in [0.2, 0.25) is 0 Å². The number of nitrogens with zero attached hydrogens (tertiary/aromatic N) is 2. The number of unbranched alkanes of at least 4 members (excludes halogenated alkanes) is 3. The quantitative estimate of drug-likeness (QED) is 0.312. The molecular formula is C29H36N2O2. The molecule has 4 nitrogen and oxygen atoms in total. The fourth-order valence-electron chi connectivity index (χ4n) is 4.66. The van der Waals surface area contributed by atoms with Gasteiger partial charge >= 0.3 is 0 Å². The molecule has 0 spiro atoms. The molecule has 1 aliphatic heterocycles. The van der Waals surface area contributed by atoms with E-state index < -0.39 is 6.29 Å². The van der Waals surface area contributed by atoms with Crippen LogP contribution in [-0.2, 0) is 6.42 Å². The smallest absolute Gasteiger partial charge is 0.151 e. The molecule has 0 saturated heterocycles. The van der Waals surface area contributed by atoms with E-state index in [0.717, 1.165) is 57.3 Å². The van der Waals surface area contributed by atoms with Gasteiger partial charge in [-0.2, -0.15) is 0 Å². The van der Waals surface area contributed by atoms with E-state index in [1.807, 2.05) is 0 Å². The molecule has 1 aliphatic rings. The molecule has 0 fully saturated rings. The number of aryl methyl sites for hydroxylation is 3. The van der Waals surface area contributed by atoms with E-state index in [1.165, 1.54) is 39.2 Å². The zero-order chi connectivity index (χ0) is 23.2. The molecule has 0 radical (unpaired) electrons. The predicted octanol–water partition coefficient (Wildman–Crippen LogP) is 6.05. The molecule has 0 bridgehead atoms. The van der Waals surface area contributed by atoms with Gasteiger partial charge in [0.1, 0.15) is 0 Å². The lowest BCUT2D eigenvalue weighted by Crippen LogP contribution is -2.31. The summed E-state index contributed by atoms with van der Waals surface area (Å²) >= 11 is 0. The number of aromatic nitrogens is 1. The standard InChI is InChI=1S/C29H36N2O2/c1-21-10-14-23(15-11-21)25-20-27-26(30-29(25)24-16-12-22(2)13-17-24)8-7-19-31(27)18-6-4-3-5-9-28(32)33/h10-17,20,28,32-33H,3-9,18-19H2,1-2H3. The first-order valence-electron chi connectivity index (χ1n) is 12.3. The maximum Gasteiger partial charge on any atom is 0.151 e. The minimum Gasteiger partial charge on any atom is -0.370 e. The Morgan fingerprint density at radius 2 is 1.48 bits per heavy atom. The summed E-state index contributed by atoms with van der Waals surface area (Å²) in [4.78, 5) is 7.75. The number of benzene rings is 2. The minimum absolute atomic E-state index is 0.470. The van der Waals surface area contributed by atoms with E-state index in [2.05, 4.69) is 73.3 Å². The van der Waals surface area contributed by atoms with Gasteiger partial charge in [-0.25, -0.2) is 0 Å². The topological polar surface area (TPSA) is 56.6 Å². The lowest BCUT2D eigenvalue weighted by atomic mass is 9.95. The van der Waals surface area contributed by atoms with Crippen molar-refractivity contribution in [1.82, 2.24) is 4.98 Å². The average molecular weight is 445 g/mol. The summed E-state index contributed by atoms with van der Waals surface area (Å²) in [5, 5.41) is 18.0. The van der Waals surface area contributed by atoms with Gasteiger partial charge < -0.3 is 15.1 Å². The summed E-state index contributed by atoms with van der Waals surface area (Å²) in [6.45, 7) is 6.34. The number of pyridine rings is 1. The normalized spacial score (nSPS) is 13.4. The number of anilines is 1. The van der Waals surface area contributed by atoms with Crippen LogP contribution in [0.4, 0.5) is 5.69 Å². The van der Waals surface area contributed by atoms with Gasteiger partial charge in [0.25, 0.3) is 0 Å². The largest absolute Gasteiger partial charge is 0.370 e. The molecule has 3 aromatic rings. The lowest BCUT2D eigenvalue weighted by Gasteiger charge is -2.32. The van der Waals surface area contributed by atoms with E-state index in [1.54, 1.807) is 0 Å². The van der Waals surface area contributed by atoms with Crippen molar-refractivity contribution >= 4 is 5.69 Å². The molecule has 4 rings (SSSR count). The molecule has 1 aromatic heterocycles. The van der Waals surface area contributed by atoms with Gasteiger partial charge in [-0.1, -0.05) is 72.5 Å². The lowest BCUT2D eigenvalue weighted by molar-refractivity contribution is -0.0465. The van der Waals surface area contributed by atoms with Crippen molar-refractivity contribution in [2.24, 2.45) is 0 Å². The summed E-state index contributed by atoms with van der Waals surface area (Å²) in [5.74, 6) is 0. The van der Waals surface area contributed by atoms with Crippen molar-refractivity contribution in [2.45, 2.75) is 65.1 Å². The number of fused-ring (bicyclic) bond motifs is 1. The second kappa shape index (κ2) is 11.0. The third-order valence-corrected chi connectivity index (χ3v) is 6.59. The van der Waals surface area contributed by atoms with Crippen molar-refractivity contribution in [1.29, 1.82) is 0 Å². The second-order valence-electron chi connectivity index (χ2n) is 9.36. The third kappa shape index (κ3) is 6.01. The van der Waals surface area contributed by atoms with Gasteiger partial charge in [-0.05, 0) is 57.6 Å². The van der Waals surface area contributed by atoms with Crippen molar-refractivity contribution in [3.63, 3.8) is 0 Å². The van der Waals surface area contributed by atoms with Crippen LogP contribution < -0.4 is 4.90 Å². The molecule has 0 aliphatic carbocycles. The molecule has 0 saturated carbocycles. The Bertz CT molecular complexity index is 1040. The van der Waals surface area contributed by atoms with Crippen LogP contribution in [0.3, 0.4) is 0 Å². The van der Waals surface area contributed by atoms with Crippen molar-refractivity contribution < 1.29 is 10.2 Å². The van der Waals surface area contributed by atoms with Gasteiger partial charge in [0, 0.05) is 24.2 Å². The Balaban J connectivity index is 1.61. The predicted molar refractivity (Wildman–Crippen MR) is 136 cm³/mol. The van der Waals surface area contributed by atoms with Gasteiger partial charge in [-0.3, -0.25) is 4.98 Å². The SMILES string of the molecule is Cc1ccc(-c2cc3c(nc2-c2ccc(C)cc2)CCCN3CCCCCCC(O)O)cc1. The van der Waals surface area contributed by atoms with Gasteiger partial charge in [0.15, 0.2) is 6.29 Å². The summed E-state index contributed by atoms with van der Waals surface area (Å²) in [7, 11) is 0. The van der Waals surface area contributed by atoms with Gasteiger partial charge in [-0.15, -0.1) is 0 Å². The maximum absolute atomic E-state index is 9.02.